The van der Waals surface area contributed by atoms with Gasteiger partial charge in [-0.3, -0.25) is 0 Å². The average molecular weight is 223 g/mol. The van der Waals surface area contributed by atoms with Crippen molar-refractivity contribution in [2.75, 3.05) is 6.54 Å². The first kappa shape index (κ1) is 11.2. The molecule has 0 bridgehead atoms. The van der Waals surface area contributed by atoms with E-state index in [4.69, 9.17) is 0 Å². The molecule has 0 aromatic carbocycles. The molecule has 0 spiro atoms. The first-order chi connectivity index (χ1) is 7.25. The molecule has 1 saturated carbocycles. The highest BCUT2D eigenvalue weighted by atomic mass is 32.1. The van der Waals surface area contributed by atoms with E-state index in [1.165, 1.54) is 24.1 Å². The van der Waals surface area contributed by atoms with E-state index in [0.29, 0.717) is 5.92 Å². The molecule has 1 N–H and O–H groups in total. The van der Waals surface area contributed by atoms with Gasteiger partial charge in [-0.1, -0.05) is 19.9 Å². The summed E-state index contributed by atoms with van der Waals surface area (Å²) >= 11 is 1.87. The Kier molecular flexibility index (Phi) is 3.81. The van der Waals surface area contributed by atoms with Gasteiger partial charge in [0.15, 0.2) is 0 Å². The highest BCUT2D eigenvalue weighted by molar-refractivity contribution is 7.10. The highest BCUT2D eigenvalue weighted by Crippen LogP contribution is 2.26. The number of nitrogens with one attached hydrogen (secondary N) is 1. The third kappa shape index (κ3) is 3.05. The normalized spacial score (nSPS) is 28.1. The molecule has 1 nitrogen and oxygen atoms in total. The second-order valence-electron chi connectivity index (χ2n) is 4.94. The fourth-order valence-electron chi connectivity index (χ4n) is 2.41. The molecule has 3 unspecified atom stereocenters. The minimum atomic E-state index is 0.668. The van der Waals surface area contributed by atoms with Crippen LogP contribution in [0.25, 0.3) is 0 Å². The Morgan fingerprint density at radius 3 is 3.00 bits per heavy atom. The Morgan fingerprint density at radius 1 is 1.53 bits per heavy atom. The maximum atomic E-state index is 3.71. The zero-order valence-electron chi connectivity index (χ0n) is 9.70. The van der Waals surface area contributed by atoms with Gasteiger partial charge in [-0.2, -0.15) is 0 Å². The second-order valence-corrected chi connectivity index (χ2v) is 5.92. The minimum absolute atomic E-state index is 0.668. The number of hydrogen-bond donors (Lipinski definition) is 1. The molecule has 0 aliphatic heterocycles. The van der Waals surface area contributed by atoms with Crippen LogP contribution in [0.4, 0.5) is 0 Å². The van der Waals surface area contributed by atoms with Crippen LogP contribution in [0.1, 0.15) is 43.9 Å². The topological polar surface area (TPSA) is 12.0 Å². The Morgan fingerprint density at radius 2 is 2.40 bits per heavy atom. The molecule has 15 heavy (non-hydrogen) atoms. The smallest absolute Gasteiger partial charge is 0.00860 e. The molecule has 0 radical (unpaired) electrons. The summed E-state index contributed by atoms with van der Waals surface area (Å²) < 4.78 is 0. The van der Waals surface area contributed by atoms with E-state index < -0.39 is 0 Å². The molecule has 1 fully saturated rings. The Labute approximate surface area is 96.9 Å². The average Bonchev–Trinajstić information content (AvgIpc) is 2.84. The predicted molar refractivity (Wildman–Crippen MR) is 67.5 cm³/mol. The molecule has 1 aliphatic carbocycles. The van der Waals surface area contributed by atoms with E-state index in [-0.39, 0.29) is 0 Å². The van der Waals surface area contributed by atoms with Gasteiger partial charge >= 0.3 is 0 Å². The lowest BCUT2D eigenvalue weighted by Gasteiger charge is -2.16. The highest BCUT2D eigenvalue weighted by Gasteiger charge is 2.21. The molecule has 2 rings (SSSR count). The second kappa shape index (κ2) is 5.13. The first-order valence-electron chi connectivity index (χ1n) is 6.02. The van der Waals surface area contributed by atoms with Crippen molar-refractivity contribution in [1.29, 1.82) is 0 Å². The van der Waals surface area contributed by atoms with Gasteiger partial charge in [0.05, 0.1) is 0 Å². The molecule has 1 aromatic heterocycles. The number of rotatable bonds is 4. The fourth-order valence-corrected chi connectivity index (χ4v) is 3.20. The van der Waals surface area contributed by atoms with Crippen LogP contribution >= 0.6 is 11.3 Å². The molecule has 84 valence electrons. The first-order valence-corrected chi connectivity index (χ1v) is 6.90. The third-order valence-electron chi connectivity index (χ3n) is 3.44. The van der Waals surface area contributed by atoms with Crippen molar-refractivity contribution in [2.24, 2.45) is 5.92 Å². The largest absolute Gasteiger partial charge is 0.313 e. The predicted octanol–water partition coefficient (Wildman–Crippen LogP) is 3.63. The van der Waals surface area contributed by atoms with Gasteiger partial charge in [-0.15, -0.1) is 11.3 Å². The van der Waals surface area contributed by atoms with Gasteiger partial charge in [0.1, 0.15) is 0 Å². The van der Waals surface area contributed by atoms with Crippen molar-refractivity contribution < 1.29 is 0 Å². The lowest BCUT2D eigenvalue weighted by atomic mass is 10.1. The van der Waals surface area contributed by atoms with Crippen LogP contribution in [0.5, 0.6) is 0 Å². The molecule has 3 atom stereocenters. The lowest BCUT2D eigenvalue weighted by molar-refractivity contribution is 0.485. The summed E-state index contributed by atoms with van der Waals surface area (Å²) in [7, 11) is 0. The van der Waals surface area contributed by atoms with Gasteiger partial charge in [-0.25, -0.2) is 0 Å². The van der Waals surface area contributed by atoms with E-state index in [2.05, 4.69) is 36.7 Å². The van der Waals surface area contributed by atoms with Crippen LogP contribution in [0, 0.1) is 5.92 Å². The van der Waals surface area contributed by atoms with E-state index >= 15 is 0 Å². The van der Waals surface area contributed by atoms with Crippen molar-refractivity contribution in [2.45, 2.75) is 45.1 Å². The molecular formula is C13H21NS. The summed E-state index contributed by atoms with van der Waals surface area (Å²) in [6.07, 6.45) is 4.15. The van der Waals surface area contributed by atoms with E-state index in [9.17, 15) is 0 Å². The third-order valence-corrected chi connectivity index (χ3v) is 4.54. The van der Waals surface area contributed by atoms with Crippen LogP contribution in [-0.4, -0.2) is 12.6 Å². The monoisotopic (exact) mass is 223 g/mol. The number of thiophene rings is 1. The molecule has 1 heterocycles. The zero-order valence-corrected chi connectivity index (χ0v) is 10.5. The lowest BCUT2D eigenvalue weighted by Crippen LogP contribution is -2.29. The van der Waals surface area contributed by atoms with Crippen LogP contribution in [0.15, 0.2) is 17.5 Å². The van der Waals surface area contributed by atoms with Crippen molar-refractivity contribution in [3.05, 3.63) is 22.4 Å². The van der Waals surface area contributed by atoms with Crippen molar-refractivity contribution >= 4 is 11.3 Å². The zero-order chi connectivity index (χ0) is 10.7. The molecule has 0 saturated heterocycles. The molecule has 1 aromatic rings. The van der Waals surface area contributed by atoms with Crippen molar-refractivity contribution in [3.63, 3.8) is 0 Å². The SMILES string of the molecule is CC1CCC(NCC(C)c2cccs2)C1. The van der Waals surface area contributed by atoms with Crippen molar-refractivity contribution in [3.8, 4) is 0 Å². The minimum Gasteiger partial charge on any atom is -0.313 e. The summed E-state index contributed by atoms with van der Waals surface area (Å²) in [6.45, 7) is 5.82. The van der Waals surface area contributed by atoms with Crippen LogP contribution in [-0.2, 0) is 0 Å². The van der Waals surface area contributed by atoms with Crippen LogP contribution in [0.3, 0.4) is 0 Å². The Hall–Kier alpha value is -0.340. The van der Waals surface area contributed by atoms with E-state index in [1.807, 2.05) is 11.3 Å². The fraction of sp³-hybridized carbons (Fsp3) is 0.692. The van der Waals surface area contributed by atoms with E-state index in [0.717, 1.165) is 18.5 Å². The standard InChI is InChI=1S/C13H21NS/c1-10-5-6-12(8-10)14-9-11(2)13-4-3-7-15-13/h3-4,7,10-12,14H,5-6,8-9H2,1-2H3. The maximum absolute atomic E-state index is 3.71. The maximum Gasteiger partial charge on any atom is 0.00860 e. The summed E-state index contributed by atoms with van der Waals surface area (Å²) in [5, 5.41) is 5.88. The van der Waals surface area contributed by atoms with E-state index in [1.54, 1.807) is 0 Å². The van der Waals surface area contributed by atoms with Crippen LogP contribution in [0.2, 0.25) is 0 Å². The van der Waals surface area contributed by atoms with Crippen molar-refractivity contribution in [1.82, 2.24) is 5.32 Å². The molecule has 1 aliphatic rings. The van der Waals surface area contributed by atoms with Gasteiger partial charge in [-0.05, 0) is 36.6 Å². The van der Waals surface area contributed by atoms with Crippen LogP contribution < -0.4 is 5.32 Å². The summed E-state index contributed by atoms with van der Waals surface area (Å²) in [5.74, 6) is 1.60. The number of hydrogen-bond acceptors (Lipinski definition) is 2. The quantitative estimate of drug-likeness (QED) is 0.822. The summed E-state index contributed by atoms with van der Waals surface area (Å²) in [6, 6.07) is 5.17. The summed E-state index contributed by atoms with van der Waals surface area (Å²) in [4.78, 5) is 1.51. The van der Waals surface area contributed by atoms with Gasteiger partial charge in [0, 0.05) is 23.4 Å². The Bertz CT molecular complexity index is 281. The molecule has 0 amide bonds. The summed E-state index contributed by atoms with van der Waals surface area (Å²) in [5.41, 5.74) is 0. The van der Waals surface area contributed by atoms with Gasteiger partial charge in [0.25, 0.3) is 0 Å². The van der Waals surface area contributed by atoms with Gasteiger partial charge < -0.3 is 5.32 Å². The van der Waals surface area contributed by atoms with Gasteiger partial charge in [0.2, 0.25) is 0 Å². The molecular weight excluding hydrogens is 202 g/mol. The molecule has 2 heteroatoms. The Balaban J connectivity index is 1.74.